The summed E-state index contributed by atoms with van der Waals surface area (Å²) in [5.74, 6) is -1.75. The van der Waals surface area contributed by atoms with Crippen LogP contribution in [0.25, 0.3) is 0 Å². The molecule has 0 spiro atoms. The molecule has 2 fully saturated rings. The van der Waals surface area contributed by atoms with Crippen LogP contribution >= 0.6 is 0 Å². The van der Waals surface area contributed by atoms with Gasteiger partial charge in [0.25, 0.3) is 0 Å². The van der Waals surface area contributed by atoms with Crippen LogP contribution < -0.4 is 0 Å². The van der Waals surface area contributed by atoms with Gasteiger partial charge in [0.05, 0.1) is 19.1 Å². The van der Waals surface area contributed by atoms with E-state index in [0.29, 0.717) is 12.3 Å². The Kier molecular flexibility index (Phi) is 6.40. The Morgan fingerprint density at radius 3 is 2.44 bits per heavy atom. The number of benzene rings is 2. The van der Waals surface area contributed by atoms with Crippen molar-refractivity contribution in [3.05, 3.63) is 71.8 Å². The molecule has 3 heterocycles. The van der Waals surface area contributed by atoms with E-state index in [-0.39, 0.29) is 6.61 Å². The van der Waals surface area contributed by atoms with E-state index in [2.05, 4.69) is 5.16 Å². The Balaban J connectivity index is 1.45. The molecule has 34 heavy (non-hydrogen) atoms. The molecular formula is C26H29NO7. The molecule has 0 bridgehead atoms. The van der Waals surface area contributed by atoms with Crippen LogP contribution in [0.3, 0.4) is 0 Å². The lowest BCUT2D eigenvalue weighted by Gasteiger charge is -2.28. The number of rotatable bonds is 7. The average Bonchev–Trinajstić information content (AvgIpc) is 3.49. The third-order valence-corrected chi connectivity index (χ3v) is 6.14. The maximum atomic E-state index is 12.7. The summed E-state index contributed by atoms with van der Waals surface area (Å²) in [6, 6.07) is 19.5. The van der Waals surface area contributed by atoms with E-state index in [1.165, 1.54) is 0 Å². The Morgan fingerprint density at radius 1 is 1.03 bits per heavy atom. The predicted octanol–water partition coefficient (Wildman–Crippen LogP) is 3.55. The summed E-state index contributed by atoms with van der Waals surface area (Å²) >= 11 is 0. The van der Waals surface area contributed by atoms with Gasteiger partial charge >= 0.3 is 5.97 Å². The second kappa shape index (κ2) is 9.46. The highest BCUT2D eigenvalue weighted by molar-refractivity contribution is 6.00. The number of nitrogens with zero attached hydrogens (tertiary/aromatic N) is 1. The number of fused-ring (bicyclic) bond motifs is 1. The van der Waals surface area contributed by atoms with Gasteiger partial charge in [0.2, 0.25) is 6.10 Å². The van der Waals surface area contributed by atoms with Gasteiger partial charge in [-0.15, -0.1) is 0 Å². The molecule has 0 aliphatic carbocycles. The first-order valence-electron chi connectivity index (χ1n) is 11.6. The van der Waals surface area contributed by atoms with Crippen molar-refractivity contribution in [2.45, 2.75) is 69.8 Å². The largest absolute Gasteiger partial charge is 0.463 e. The summed E-state index contributed by atoms with van der Waals surface area (Å²) in [5, 5.41) is 4.33. The number of hydrogen-bond acceptors (Lipinski definition) is 8. The van der Waals surface area contributed by atoms with Gasteiger partial charge in [0.15, 0.2) is 12.1 Å². The van der Waals surface area contributed by atoms with Crippen LogP contribution in [0, 0.1) is 0 Å². The summed E-state index contributed by atoms with van der Waals surface area (Å²) in [4.78, 5) is 18.4. The minimum absolute atomic E-state index is 0.249. The number of esters is 1. The summed E-state index contributed by atoms with van der Waals surface area (Å²) in [7, 11) is 0. The van der Waals surface area contributed by atoms with Crippen LogP contribution in [-0.2, 0) is 39.9 Å². The van der Waals surface area contributed by atoms with Crippen molar-refractivity contribution in [3.63, 3.8) is 0 Å². The minimum Gasteiger partial charge on any atom is -0.463 e. The summed E-state index contributed by atoms with van der Waals surface area (Å²) in [6.45, 7) is 6.07. The number of ether oxygens (including phenoxy) is 5. The molecule has 0 radical (unpaired) electrons. The van der Waals surface area contributed by atoms with Gasteiger partial charge in [-0.25, -0.2) is 4.79 Å². The van der Waals surface area contributed by atoms with Gasteiger partial charge in [-0.05, 0) is 31.9 Å². The molecule has 8 heteroatoms. The topological polar surface area (TPSA) is 84.8 Å². The highest BCUT2D eigenvalue weighted by Gasteiger charge is 2.59. The van der Waals surface area contributed by atoms with Gasteiger partial charge < -0.3 is 28.5 Å². The fourth-order valence-corrected chi connectivity index (χ4v) is 4.69. The van der Waals surface area contributed by atoms with Crippen LogP contribution in [0.15, 0.2) is 65.8 Å². The van der Waals surface area contributed by atoms with E-state index in [4.69, 9.17) is 28.5 Å². The van der Waals surface area contributed by atoms with Gasteiger partial charge in [0.1, 0.15) is 24.0 Å². The van der Waals surface area contributed by atoms with E-state index >= 15 is 0 Å². The molecule has 2 aromatic carbocycles. The second-order valence-corrected chi connectivity index (χ2v) is 8.97. The van der Waals surface area contributed by atoms with Crippen molar-refractivity contribution in [1.29, 1.82) is 0 Å². The molecule has 6 atom stereocenters. The Hall–Kier alpha value is -2.78. The number of carbonyl (C=O) groups is 1. The highest BCUT2D eigenvalue weighted by Crippen LogP contribution is 2.43. The molecule has 8 nitrogen and oxygen atoms in total. The quantitative estimate of drug-likeness (QED) is 0.576. The van der Waals surface area contributed by atoms with Crippen molar-refractivity contribution < 1.29 is 33.3 Å². The zero-order chi connectivity index (χ0) is 23.7. The predicted molar refractivity (Wildman–Crippen MR) is 122 cm³/mol. The Morgan fingerprint density at radius 2 is 1.74 bits per heavy atom. The molecule has 0 N–H and O–H groups in total. The van der Waals surface area contributed by atoms with Crippen molar-refractivity contribution >= 4 is 11.7 Å². The molecule has 0 amide bonds. The van der Waals surface area contributed by atoms with Gasteiger partial charge in [-0.2, -0.15) is 0 Å². The van der Waals surface area contributed by atoms with Crippen LogP contribution in [0.2, 0.25) is 0 Å². The molecule has 3 aliphatic heterocycles. The van der Waals surface area contributed by atoms with E-state index < -0.39 is 48.4 Å². The van der Waals surface area contributed by atoms with Crippen molar-refractivity contribution in [2.75, 3.05) is 6.61 Å². The van der Waals surface area contributed by atoms with Crippen LogP contribution in [0.4, 0.5) is 0 Å². The second-order valence-electron chi connectivity index (χ2n) is 8.97. The lowest BCUT2D eigenvalue weighted by atomic mass is 9.85. The number of oxime groups is 1. The Bertz CT molecular complexity index is 1030. The molecule has 2 aromatic rings. The number of carbonyl (C=O) groups excluding carboxylic acids is 1. The van der Waals surface area contributed by atoms with E-state index in [0.717, 1.165) is 11.1 Å². The van der Waals surface area contributed by atoms with Gasteiger partial charge in [-0.3, -0.25) is 0 Å². The van der Waals surface area contributed by atoms with Gasteiger partial charge in [0, 0.05) is 0 Å². The fourth-order valence-electron chi connectivity index (χ4n) is 4.69. The normalized spacial score (nSPS) is 31.6. The van der Waals surface area contributed by atoms with Crippen LogP contribution in [-0.4, -0.2) is 54.8 Å². The maximum absolute atomic E-state index is 12.7. The van der Waals surface area contributed by atoms with E-state index in [9.17, 15) is 4.79 Å². The molecule has 0 aromatic heterocycles. The maximum Gasteiger partial charge on any atom is 0.351 e. The molecule has 180 valence electrons. The van der Waals surface area contributed by atoms with E-state index in [1.807, 2.05) is 74.5 Å². The smallest absolute Gasteiger partial charge is 0.351 e. The molecular weight excluding hydrogens is 438 g/mol. The first-order valence-corrected chi connectivity index (χ1v) is 11.6. The molecule has 5 rings (SSSR count). The number of hydrogen-bond donors (Lipinski definition) is 0. The van der Waals surface area contributed by atoms with Crippen LogP contribution in [0.5, 0.6) is 0 Å². The molecule has 0 unspecified atom stereocenters. The lowest BCUT2D eigenvalue weighted by molar-refractivity contribution is -0.210. The summed E-state index contributed by atoms with van der Waals surface area (Å²) in [5.41, 5.74) is 2.46. The summed E-state index contributed by atoms with van der Waals surface area (Å²) < 4.78 is 30.1. The van der Waals surface area contributed by atoms with E-state index in [1.54, 1.807) is 6.92 Å². The SMILES string of the molecule is CCOC(=O)[C@H]1ON=C([C@H]2O[C@@H]3OC(C)(C)O[C@@H]3[C@H]2OCc2ccccc2)[C@@H]1c1ccccc1. The zero-order valence-corrected chi connectivity index (χ0v) is 19.5. The third-order valence-electron chi connectivity index (χ3n) is 6.14. The van der Waals surface area contributed by atoms with Crippen molar-refractivity contribution in [2.24, 2.45) is 5.16 Å². The molecule has 0 saturated carbocycles. The Labute approximate surface area is 198 Å². The lowest BCUT2D eigenvalue weighted by Crippen LogP contribution is -2.43. The average molecular weight is 468 g/mol. The molecule has 2 saturated heterocycles. The van der Waals surface area contributed by atoms with Gasteiger partial charge in [-0.1, -0.05) is 65.8 Å². The third kappa shape index (κ3) is 4.46. The fraction of sp³-hybridized carbons (Fsp3) is 0.462. The zero-order valence-electron chi connectivity index (χ0n) is 19.5. The first kappa shape index (κ1) is 23.0. The minimum atomic E-state index is -0.908. The molecule has 3 aliphatic rings. The van der Waals surface area contributed by atoms with Crippen molar-refractivity contribution in [3.8, 4) is 0 Å². The standard InChI is InChI=1S/C26H29NO7/c1-4-29-24(28)20-18(17-13-9-6-10-14-17)19(27-34-20)21-22(30-15-16-11-7-5-8-12-16)23-25(31-21)33-26(2,3)32-23/h5-14,18,20-23,25H,4,15H2,1-3H3/t18-,20-,21+,22-,23+,25+/m0/s1. The summed E-state index contributed by atoms with van der Waals surface area (Å²) in [6.07, 6.45) is -3.12. The highest BCUT2D eigenvalue weighted by atomic mass is 16.8. The van der Waals surface area contributed by atoms with Crippen molar-refractivity contribution in [1.82, 2.24) is 0 Å². The first-order chi connectivity index (χ1) is 16.5. The monoisotopic (exact) mass is 467 g/mol. The van der Waals surface area contributed by atoms with Crippen LogP contribution in [0.1, 0.15) is 37.8 Å².